The van der Waals surface area contributed by atoms with Crippen LogP contribution in [0.25, 0.3) is 0 Å². The predicted molar refractivity (Wildman–Crippen MR) is 93.8 cm³/mol. The van der Waals surface area contributed by atoms with Crippen LogP contribution in [0.15, 0.2) is 12.7 Å². The van der Waals surface area contributed by atoms with Gasteiger partial charge in [-0.05, 0) is 20.8 Å². The summed E-state index contributed by atoms with van der Waals surface area (Å²) in [6.45, 7) is 9.99. The van der Waals surface area contributed by atoms with Crippen molar-refractivity contribution in [2.45, 2.75) is 20.8 Å². The predicted octanol–water partition coefficient (Wildman–Crippen LogP) is -0.835. The lowest BCUT2D eigenvalue weighted by Crippen LogP contribution is -2.37. The molecule has 24 heavy (non-hydrogen) atoms. The number of ether oxygens (including phenoxy) is 2. The molecule has 8 heteroatoms. The number of hydrogen-bond acceptors (Lipinski definition) is 8. The normalized spacial score (nSPS) is 9.54. The summed E-state index contributed by atoms with van der Waals surface area (Å²) in [5.74, 6) is 0. The van der Waals surface area contributed by atoms with Crippen LogP contribution < -0.4 is 0 Å². The highest BCUT2D eigenvalue weighted by atomic mass is 16.5. The Morgan fingerprint density at radius 2 is 1.04 bits per heavy atom. The molecule has 0 aromatic carbocycles. The minimum atomic E-state index is -1.11. The number of aliphatic hydroxyl groups is 6. The van der Waals surface area contributed by atoms with Crippen LogP contribution in [0, 0.1) is 5.41 Å². The van der Waals surface area contributed by atoms with E-state index in [1.54, 1.807) is 6.08 Å². The van der Waals surface area contributed by atoms with Crippen LogP contribution in [0.2, 0.25) is 0 Å². The number of rotatable bonds is 10. The van der Waals surface area contributed by atoms with Crippen molar-refractivity contribution in [2.75, 3.05) is 66.1 Å². The van der Waals surface area contributed by atoms with Crippen molar-refractivity contribution < 1.29 is 40.1 Å². The Bertz CT molecular complexity index is 175. The molecule has 8 nitrogen and oxygen atoms in total. The summed E-state index contributed by atoms with van der Waals surface area (Å²) in [4.78, 5) is 0. The maximum absolute atomic E-state index is 8.50. The van der Waals surface area contributed by atoms with Crippen LogP contribution in [0.5, 0.6) is 0 Å². The molecular weight excluding hydrogens is 320 g/mol. The molecule has 0 aromatic rings. The van der Waals surface area contributed by atoms with E-state index in [1.807, 2.05) is 20.8 Å². The summed E-state index contributed by atoms with van der Waals surface area (Å²) in [7, 11) is 0. The summed E-state index contributed by atoms with van der Waals surface area (Å²) in [5, 5.41) is 50.2. The van der Waals surface area contributed by atoms with Crippen molar-refractivity contribution >= 4 is 0 Å². The smallest absolute Gasteiger partial charge is 0.0698 e. The van der Waals surface area contributed by atoms with E-state index >= 15 is 0 Å². The third kappa shape index (κ3) is 29.4. The van der Waals surface area contributed by atoms with Gasteiger partial charge in [0.05, 0.1) is 58.3 Å². The fourth-order valence-electron chi connectivity index (χ4n) is 0.735. The summed E-state index contributed by atoms with van der Waals surface area (Å²) in [6, 6.07) is 0. The molecule has 0 amide bonds. The Hall–Kier alpha value is -0.580. The Morgan fingerprint density at radius 1 is 0.750 bits per heavy atom. The Morgan fingerprint density at radius 3 is 1.12 bits per heavy atom. The fourth-order valence-corrected chi connectivity index (χ4v) is 0.735. The van der Waals surface area contributed by atoms with Gasteiger partial charge < -0.3 is 40.1 Å². The number of allylic oxidation sites excluding steroid dienone is 1. The van der Waals surface area contributed by atoms with Crippen LogP contribution in [-0.4, -0.2) is 96.7 Å². The van der Waals surface area contributed by atoms with E-state index in [9.17, 15) is 0 Å². The first-order valence-electron chi connectivity index (χ1n) is 7.87. The second-order valence-electron chi connectivity index (χ2n) is 4.38. The first-order valence-corrected chi connectivity index (χ1v) is 7.87. The van der Waals surface area contributed by atoms with Crippen LogP contribution in [-0.2, 0) is 9.47 Å². The van der Waals surface area contributed by atoms with Crippen molar-refractivity contribution in [1.29, 1.82) is 0 Å². The van der Waals surface area contributed by atoms with Crippen molar-refractivity contribution in [3.63, 3.8) is 0 Å². The molecule has 0 atom stereocenters. The highest BCUT2D eigenvalue weighted by Crippen LogP contribution is 2.11. The largest absolute Gasteiger partial charge is 0.396 e. The molecule has 0 radical (unpaired) electrons. The third-order valence-electron chi connectivity index (χ3n) is 2.22. The van der Waals surface area contributed by atoms with E-state index in [0.29, 0.717) is 13.2 Å². The highest BCUT2D eigenvalue weighted by Gasteiger charge is 2.26. The molecule has 0 aliphatic carbocycles. The monoisotopic (exact) mass is 358 g/mol. The fraction of sp³-hybridized carbons (Fsp3) is 0.875. The van der Waals surface area contributed by atoms with E-state index in [4.69, 9.17) is 35.4 Å². The topological polar surface area (TPSA) is 140 Å². The Balaban J connectivity index is -0.000000119. The average Bonchev–Trinajstić information content (AvgIpc) is 2.61. The van der Waals surface area contributed by atoms with Gasteiger partial charge in [-0.15, -0.1) is 6.58 Å². The molecule has 0 heterocycles. The molecule has 0 saturated heterocycles. The van der Waals surface area contributed by atoms with Gasteiger partial charge in [-0.3, -0.25) is 0 Å². The zero-order chi connectivity index (χ0) is 19.7. The molecule has 0 aliphatic heterocycles. The van der Waals surface area contributed by atoms with Gasteiger partial charge in [-0.2, -0.15) is 0 Å². The third-order valence-corrected chi connectivity index (χ3v) is 2.22. The second-order valence-corrected chi connectivity index (χ2v) is 4.38. The lowest BCUT2D eigenvalue weighted by Gasteiger charge is -2.23. The van der Waals surface area contributed by atoms with Gasteiger partial charge in [0, 0.05) is 13.2 Å². The Labute approximate surface area is 146 Å². The Kier molecular flexibility index (Phi) is 39.4. The molecule has 6 N–H and O–H groups in total. The molecule has 0 unspecified atom stereocenters. The summed E-state index contributed by atoms with van der Waals surface area (Å²) < 4.78 is 9.47. The summed E-state index contributed by atoms with van der Waals surface area (Å²) >= 11 is 0. The number of aliphatic hydroxyl groups excluding tert-OH is 6. The van der Waals surface area contributed by atoms with Gasteiger partial charge in [-0.25, -0.2) is 0 Å². The lowest BCUT2D eigenvalue weighted by atomic mass is 9.93. The quantitative estimate of drug-likeness (QED) is 0.220. The minimum absolute atomic E-state index is 0.0278. The van der Waals surface area contributed by atoms with E-state index in [2.05, 4.69) is 11.3 Å². The van der Waals surface area contributed by atoms with Gasteiger partial charge in [-0.1, -0.05) is 6.08 Å². The standard InChI is InChI=1S/C5H12O4.C4H10O3.C4H10O.C3H6/c6-1-5(2-7,3-8)4-9;5-1-3-7-4-2-6;1-3-5-4-2;1-3-2/h6-9H,1-4H2;5-6H,1-4H2;3-4H2,1-2H3;3H,1H2,2H3. The second kappa shape index (κ2) is 30.3. The number of hydrogen-bond donors (Lipinski definition) is 6. The molecule has 0 aliphatic rings. The van der Waals surface area contributed by atoms with E-state index in [0.717, 1.165) is 13.2 Å². The molecule has 0 fully saturated rings. The maximum atomic E-state index is 8.50. The molecule has 0 aromatic heterocycles. The average molecular weight is 358 g/mol. The van der Waals surface area contributed by atoms with Gasteiger partial charge in [0.2, 0.25) is 0 Å². The van der Waals surface area contributed by atoms with Crippen LogP contribution in [0.3, 0.4) is 0 Å². The zero-order valence-electron chi connectivity index (χ0n) is 15.4. The molecule has 0 rings (SSSR count). The van der Waals surface area contributed by atoms with Gasteiger partial charge in [0.15, 0.2) is 0 Å². The molecular formula is C16H38O8. The summed E-state index contributed by atoms with van der Waals surface area (Å²) in [6.07, 6.45) is 1.75. The van der Waals surface area contributed by atoms with E-state index in [-0.39, 0.29) is 13.2 Å². The first kappa shape index (κ1) is 31.2. The zero-order valence-corrected chi connectivity index (χ0v) is 15.4. The maximum Gasteiger partial charge on any atom is 0.0698 e. The SMILES string of the molecule is C=CC.CCOCC.OCC(CO)(CO)CO.OCCOCCO. The van der Waals surface area contributed by atoms with Gasteiger partial charge in [0.25, 0.3) is 0 Å². The first-order chi connectivity index (χ1) is 11.5. The van der Waals surface area contributed by atoms with Crippen molar-refractivity contribution in [3.8, 4) is 0 Å². The van der Waals surface area contributed by atoms with Gasteiger partial charge >= 0.3 is 0 Å². The highest BCUT2D eigenvalue weighted by molar-refractivity contribution is 4.74. The van der Waals surface area contributed by atoms with E-state index in [1.165, 1.54) is 0 Å². The van der Waals surface area contributed by atoms with Crippen LogP contribution in [0.4, 0.5) is 0 Å². The van der Waals surface area contributed by atoms with Crippen molar-refractivity contribution in [3.05, 3.63) is 12.7 Å². The molecule has 0 bridgehead atoms. The van der Waals surface area contributed by atoms with Crippen molar-refractivity contribution in [1.82, 2.24) is 0 Å². The van der Waals surface area contributed by atoms with Crippen LogP contribution >= 0.6 is 0 Å². The van der Waals surface area contributed by atoms with Crippen molar-refractivity contribution in [2.24, 2.45) is 5.41 Å². The summed E-state index contributed by atoms with van der Waals surface area (Å²) in [5.41, 5.74) is -1.11. The minimum Gasteiger partial charge on any atom is -0.396 e. The molecule has 0 spiro atoms. The van der Waals surface area contributed by atoms with E-state index < -0.39 is 31.8 Å². The lowest BCUT2D eigenvalue weighted by molar-refractivity contribution is -0.0328. The molecule has 150 valence electrons. The molecule has 0 saturated carbocycles. The van der Waals surface area contributed by atoms with Gasteiger partial charge in [0.1, 0.15) is 0 Å². The van der Waals surface area contributed by atoms with Crippen LogP contribution in [0.1, 0.15) is 20.8 Å².